The third-order valence-electron chi connectivity index (χ3n) is 10.3. The zero-order valence-corrected chi connectivity index (χ0v) is 41.7. The Balaban J connectivity index is 4.30. The summed E-state index contributed by atoms with van der Waals surface area (Å²) in [5.41, 5.74) is 0. The minimum absolute atomic E-state index is 0.175. The molecule has 0 aromatic heterocycles. The van der Waals surface area contributed by atoms with Crippen molar-refractivity contribution in [2.75, 3.05) is 53.6 Å². The van der Waals surface area contributed by atoms with E-state index in [1.807, 2.05) is 19.0 Å². The van der Waals surface area contributed by atoms with Crippen molar-refractivity contribution in [2.24, 2.45) is 0 Å². The number of alkyl carbamates (subject to hydrolysis) is 1. The molecule has 0 heterocycles. The van der Waals surface area contributed by atoms with Crippen LogP contribution in [0, 0.1) is 0 Å². The molecule has 0 radical (unpaired) electrons. The number of ether oxygens (including phenoxy) is 4. The van der Waals surface area contributed by atoms with E-state index in [-0.39, 0.29) is 18.0 Å². The summed E-state index contributed by atoms with van der Waals surface area (Å²) in [4.78, 5) is 39.2. The molecular formula is C56H94N2O7. The van der Waals surface area contributed by atoms with Crippen LogP contribution in [0.25, 0.3) is 0 Å². The summed E-state index contributed by atoms with van der Waals surface area (Å²) < 4.78 is 22.3. The van der Waals surface area contributed by atoms with E-state index in [2.05, 4.69) is 116 Å². The molecule has 0 aliphatic rings. The molecule has 65 heavy (non-hydrogen) atoms. The summed E-state index contributed by atoms with van der Waals surface area (Å²) in [7, 11) is 3.97. The van der Waals surface area contributed by atoms with Gasteiger partial charge >= 0.3 is 18.0 Å². The lowest BCUT2D eigenvalue weighted by molar-refractivity contribution is -0.144. The van der Waals surface area contributed by atoms with E-state index < -0.39 is 6.09 Å². The number of esters is 2. The molecule has 0 rings (SSSR count). The highest BCUT2D eigenvalue weighted by Crippen LogP contribution is 2.14. The first-order valence-corrected chi connectivity index (χ1v) is 25.6. The van der Waals surface area contributed by atoms with Gasteiger partial charge in [0.05, 0.1) is 26.4 Å². The highest BCUT2D eigenvalue weighted by molar-refractivity contribution is 5.69. The van der Waals surface area contributed by atoms with Crippen LogP contribution in [0.2, 0.25) is 0 Å². The summed E-state index contributed by atoms with van der Waals surface area (Å²) in [6.45, 7) is 7.37. The highest BCUT2D eigenvalue weighted by Gasteiger charge is 2.15. The summed E-state index contributed by atoms with van der Waals surface area (Å²) in [5, 5.41) is 2.78. The number of allylic oxidation sites excluding steroid dienone is 16. The molecule has 1 amide bonds. The number of unbranched alkanes of at least 4 members (excludes halogenated alkanes) is 10. The summed E-state index contributed by atoms with van der Waals surface area (Å²) in [5.74, 6) is -0.350. The lowest BCUT2D eigenvalue weighted by Crippen LogP contribution is -2.32. The third kappa shape index (κ3) is 50.9. The van der Waals surface area contributed by atoms with Crippen LogP contribution in [0.5, 0.6) is 0 Å². The van der Waals surface area contributed by atoms with Gasteiger partial charge in [0.1, 0.15) is 6.10 Å². The van der Waals surface area contributed by atoms with E-state index in [4.69, 9.17) is 18.9 Å². The van der Waals surface area contributed by atoms with Gasteiger partial charge in [0.25, 0.3) is 0 Å². The van der Waals surface area contributed by atoms with E-state index in [1.54, 1.807) is 0 Å². The van der Waals surface area contributed by atoms with Crippen molar-refractivity contribution in [1.29, 1.82) is 0 Å². The maximum Gasteiger partial charge on any atom is 0.407 e. The van der Waals surface area contributed by atoms with E-state index in [0.29, 0.717) is 71.5 Å². The quantitative estimate of drug-likeness (QED) is 0.0279. The Labute approximate surface area is 398 Å². The molecule has 0 saturated heterocycles. The topological polar surface area (TPSA) is 103 Å². The first-order chi connectivity index (χ1) is 31.9. The Morgan fingerprint density at radius 3 is 1.23 bits per heavy atom. The molecule has 0 saturated carbocycles. The van der Waals surface area contributed by atoms with Gasteiger partial charge in [-0.05, 0) is 143 Å². The molecule has 0 atom stereocenters. The van der Waals surface area contributed by atoms with Crippen LogP contribution in [0.4, 0.5) is 4.79 Å². The number of carbonyl (C=O) groups excluding carboxylic acids is 3. The zero-order valence-electron chi connectivity index (χ0n) is 41.7. The van der Waals surface area contributed by atoms with Gasteiger partial charge in [0.15, 0.2) is 0 Å². The summed E-state index contributed by atoms with van der Waals surface area (Å²) >= 11 is 0. The monoisotopic (exact) mass is 907 g/mol. The Hall–Kier alpha value is -3.95. The molecule has 0 bridgehead atoms. The fraction of sp³-hybridized carbons (Fsp3) is 0.661. The van der Waals surface area contributed by atoms with Crippen LogP contribution >= 0.6 is 0 Å². The maximum absolute atomic E-state index is 12.6. The smallest absolute Gasteiger partial charge is 0.407 e. The second-order valence-electron chi connectivity index (χ2n) is 16.8. The first-order valence-electron chi connectivity index (χ1n) is 25.6. The number of nitrogens with one attached hydrogen (secondary N) is 1. The largest absolute Gasteiger partial charge is 0.466 e. The van der Waals surface area contributed by atoms with Gasteiger partial charge in [-0.1, -0.05) is 137 Å². The maximum atomic E-state index is 12.6. The standard InChI is InChI=1S/C56H94N2O7/c1-5-7-9-11-13-15-17-19-21-23-25-27-29-31-33-35-37-45-54(59)63-49-41-39-43-53(65-56(61)57-47-51-62-52-48-58(3)4)44-40-42-50-64-55(60)46-38-36-34-32-30-28-26-24-22-20-18-16-14-12-10-8-6-2/h13-16,19-22,25-28,31-34,53H,5-12,17-18,23-24,29-30,35-52H2,1-4H3,(H,57,61)/b15-13-,16-14-,21-19-,22-20-,27-25-,28-26-,33-31-,34-32-. The van der Waals surface area contributed by atoms with Gasteiger partial charge < -0.3 is 29.2 Å². The van der Waals surface area contributed by atoms with Crippen LogP contribution in [0.3, 0.4) is 0 Å². The van der Waals surface area contributed by atoms with Gasteiger partial charge in [-0.2, -0.15) is 0 Å². The second-order valence-corrected chi connectivity index (χ2v) is 16.8. The SMILES string of the molecule is CCCCC/C=C\C/C=C\C/C=C\C/C=C\CCCC(=O)OCCCCC(CCCCOC(=O)CCC/C=C\C/C=C\C/C=C\C/C=C\CCCCC)OC(=O)NCCOCCN(C)C. The summed E-state index contributed by atoms with van der Waals surface area (Å²) in [6, 6.07) is 0. The lowest BCUT2D eigenvalue weighted by Gasteiger charge is -2.18. The summed E-state index contributed by atoms with van der Waals surface area (Å²) in [6.07, 6.45) is 58.6. The minimum Gasteiger partial charge on any atom is -0.466 e. The van der Waals surface area contributed by atoms with Gasteiger partial charge in [0, 0.05) is 25.9 Å². The van der Waals surface area contributed by atoms with Crippen LogP contribution in [-0.4, -0.2) is 82.6 Å². The zero-order chi connectivity index (χ0) is 47.4. The Morgan fingerprint density at radius 1 is 0.462 bits per heavy atom. The van der Waals surface area contributed by atoms with Crippen molar-refractivity contribution in [3.8, 4) is 0 Å². The molecule has 0 aliphatic heterocycles. The third-order valence-corrected chi connectivity index (χ3v) is 10.3. The predicted molar refractivity (Wildman–Crippen MR) is 274 cm³/mol. The normalized spacial score (nSPS) is 12.5. The fourth-order valence-electron chi connectivity index (χ4n) is 6.34. The number of rotatable bonds is 45. The van der Waals surface area contributed by atoms with Crippen LogP contribution in [-0.2, 0) is 28.5 Å². The number of hydrogen-bond donors (Lipinski definition) is 1. The van der Waals surface area contributed by atoms with Gasteiger partial charge in [-0.25, -0.2) is 4.79 Å². The van der Waals surface area contributed by atoms with Crippen LogP contribution < -0.4 is 5.32 Å². The van der Waals surface area contributed by atoms with Gasteiger partial charge in [0.2, 0.25) is 0 Å². The fourth-order valence-corrected chi connectivity index (χ4v) is 6.34. The van der Waals surface area contributed by atoms with Crippen molar-refractivity contribution in [1.82, 2.24) is 10.2 Å². The molecule has 9 nitrogen and oxygen atoms in total. The van der Waals surface area contributed by atoms with Crippen molar-refractivity contribution in [2.45, 2.75) is 187 Å². The van der Waals surface area contributed by atoms with Crippen molar-refractivity contribution in [3.63, 3.8) is 0 Å². The number of hydrogen-bond acceptors (Lipinski definition) is 8. The van der Waals surface area contributed by atoms with Crippen LogP contribution in [0.1, 0.15) is 181 Å². The first kappa shape index (κ1) is 61.0. The number of nitrogens with zero attached hydrogens (tertiary/aromatic N) is 1. The molecule has 0 aromatic carbocycles. The van der Waals surface area contributed by atoms with E-state index in [1.165, 1.54) is 51.4 Å². The van der Waals surface area contributed by atoms with Gasteiger partial charge in [-0.3, -0.25) is 9.59 Å². The number of amides is 1. The van der Waals surface area contributed by atoms with E-state index in [0.717, 1.165) is 83.6 Å². The minimum atomic E-state index is -0.465. The predicted octanol–water partition coefficient (Wildman–Crippen LogP) is 14.4. The highest BCUT2D eigenvalue weighted by atomic mass is 16.6. The van der Waals surface area contributed by atoms with Crippen molar-refractivity contribution < 1.29 is 33.3 Å². The van der Waals surface area contributed by atoms with Crippen molar-refractivity contribution in [3.05, 3.63) is 97.2 Å². The number of likely N-dealkylation sites (N-methyl/N-ethyl adjacent to an activating group) is 1. The number of carbonyl (C=O) groups is 3. The van der Waals surface area contributed by atoms with E-state index >= 15 is 0 Å². The molecule has 0 aliphatic carbocycles. The molecule has 0 fully saturated rings. The van der Waals surface area contributed by atoms with Crippen molar-refractivity contribution >= 4 is 18.0 Å². The molecule has 370 valence electrons. The molecule has 0 unspecified atom stereocenters. The van der Waals surface area contributed by atoms with Crippen LogP contribution in [0.15, 0.2) is 97.2 Å². The molecule has 1 N–H and O–H groups in total. The lowest BCUT2D eigenvalue weighted by atomic mass is 10.1. The Morgan fingerprint density at radius 2 is 0.846 bits per heavy atom. The molecule has 0 aromatic rings. The molecule has 9 heteroatoms. The second kappa shape index (κ2) is 51.0. The molecule has 0 spiro atoms. The molecular weight excluding hydrogens is 813 g/mol. The average molecular weight is 907 g/mol. The average Bonchev–Trinajstić information content (AvgIpc) is 3.29. The van der Waals surface area contributed by atoms with E-state index in [9.17, 15) is 14.4 Å². The van der Waals surface area contributed by atoms with Gasteiger partial charge in [-0.15, -0.1) is 0 Å². The Kier molecular flexibility index (Phi) is 47.9. The Bertz CT molecular complexity index is 1260.